The van der Waals surface area contributed by atoms with Crippen LogP contribution in [0.1, 0.15) is 38.5 Å². The first kappa shape index (κ1) is 26.2. The van der Waals surface area contributed by atoms with Gasteiger partial charge in [-0.2, -0.15) is 0 Å². The Balaban J connectivity index is 0.000000384. The monoisotopic (exact) mass is 529 g/mol. The fraction of sp³-hybridized carbons (Fsp3) is 0.600. The minimum Gasteiger partial charge on any atom is -0.480 e. The van der Waals surface area contributed by atoms with Crippen molar-refractivity contribution in [1.29, 1.82) is 0 Å². The second-order valence-electron chi connectivity index (χ2n) is 5.99. The topological polar surface area (TPSA) is 199 Å². The molecule has 3 saturated heterocycles. The van der Waals surface area contributed by atoms with E-state index in [2.05, 4.69) is 16.0 Å². The van der Waals surface area contributed by atoms with E-state index in [1.54, 1.807) is 0 Å². The predicted molar refractivity (Wildman–Crippen MR) is 86.4 cm³/mol. The Morgan fingerprint density at radius 3 is 0.893 bits per heavy atom. The summed E-state index contributed by atoms with van der Waals surface area (Å²) in [5, 5.41) is 31.9. The van der Waals surface area contributed by atoms with Gasteiger partial charge in [0.05, 0.1) is 0 Å². The Bertz CT molecular complexity index is 555. The van der Waals surface area contributed by atoms with Gasteiger partial charge in [0.2, 0.25) is 17.7 Å². The van der Waals surface area contributed by atoms with Crippen molar-refractivity contribution in [1.82, 2.24) is 16.0 Å². The summed E-state index contributed by atoms with van der Waals surface area (Å²) in [4.78, 5) is 61.5. The number of rotatable bonds is 3. The minimum absolute atomic E-state index is 0. The summed E-state index contributed by atoms with van der Waals surface area (Å²) >= 11 is 0. The van der Waals surface area contributed by atoms with E-state index >= 15 is 0 Å². The third-order valence-corrected chi connectivity index (χ3v) is 3.88. The molecule has 13 heteroatoms. The fourth-order valence-corrected chi connectivity index (χ4v) is 2.40. The van der Waals surface area contributed by atoms with Crippen molar-refractivity contribution in [3.63, 3.8) is 0 Å². The van der Waals surface area contributed by atoms with Crippen molar-refractivity contribution in [2.24, 2.45) is 0 Å². The molecule has 3 rings (SSSR count). The summed E-state index contributed by atoms with van der Waals surface area (Å²) in [6.45, 7) is 0. The van der Waals surface area contributed by atoms with Crippen molar-refractivity contribution in [3.05, 3.63) is 0 Å². The summed E-state index contributed by atoms with van der Waals surface area (Å²) < 4.78 is 0. The van der Waals surface area contributed by atoms with Gasteiger partial charge in [-0.15, -0.1) is 0 Å². The van der Waals surface area contributed by atoms with Crippen molar-refractivity contribution < 1.29 is 84.9 Å². The van der Waals surface area contributed by atoms with Crippen LogP contribution in [-0.2, 0) is 28.8 Å². The number of carbonyl (C=O) groups is 6. The Labute approximate surface area is 192 Å². The van der Waals surface area contributed by atoms with Crippen LogP contribution >= 0.6 is 0 Å². The van der Waals surface area contributed by atoms with Crippen LogP contribution in [0, 0.1) is 40.8 Å². The van der Waals surface area contributed by atoms with Crippen molar-refractivity contribution in [3.8, 4) is 0 Å². The average Bonchev–Trinajstić information content (AvgIpc) is 3.30. The molecule has 0 radical (unpaired) electrons. The summed E-state index contributed by atoms with van der Waals surface area (Å²) in [7, 11) is 0. The third-order valence-electron chi connectivity index (χ3n) is 3.88. The van der Waals surface area contributed by atoms with Gasteiger partial charge in [0, 0.05) is 60.1 Å². The molecule has 0 aromatic rings. The van der Waals surface area contributed by atoms with Crippen LogP contribution in [0.25, 0.3) is 0 Å². The Kier molecular flexibility index (Phi) is 11.8. The van der Waals surface area contributed by atoms with Crippen LogP contribution in [0.4, 0.5) is 0 Å². The number of carboxylic acid groups (broad SMARTS) is 3. The van der Waals surface area contributed by atoms with Gasteiger partial charge in [-0.05, 0) is 19.3 Å². The van der Waals surface area contributed by atoms with E-state index in [1.807, 2.05) is 0 Å². The molecule has 3 atom stereocenters. The van der Waals surface area contributed by atoms with E-state index < -0.39 is 36.0 Å². The van der Waals surface area contributed by atoms with Crippen LogP contribution in [0.3, 0.4) is 0 Å². The van der Waals surface area contributed by atoms with Crippen LogP contribution in [-0.4, -0.2) is 69.1 Å². The first-order valence-corrected chi connectivity index (χ1v) is 8.16. The number of hydrogen-bond donors (Lipinski definition) is 6. The van der Waals surface area contributed by atoms with E-state index in [0.29, 0.717) is 38.5 Å². The van der Waals surface area contributed by atoms with Crippen LogP contribution < -0.4 is 16.0 Å². The summed E-state index contributed by atoms with van der Waals surface area (Å²) in [5.74, 6) is -3.32. The quantitative estimate of drug-likeness (QED) is 0.239. The predicted octanol–water partition coefficient (Wildman–Crippen LogP) is -1.95. The van der Waals surface area contributed by atoms with Gasteiger partial charge in [-0.25, -0.2) is 14.4 Å². The van der Waals surface area contributed by atoms with E-state index in [9.17, 15) is 28.8 Å². The SMILES string of the molecule is O=C1CCC(C(=O)O)N1.O=C1CCC(C(=O)O)N1.O=C1CCC(C(=O)O)N1.[Nd]. The van der Waals surface area contributed by atoms with Gasteiger partial charge in [0.15, 0.2) is 0 Å². The standard InChI is InChI=1S/3C5H7NO3.Nd/c3*7-4-2-1-3(6-4)5(8)9;/h3*3H,1-2H2,(H,6,7)(H,8,9);. The first-order chi connectivity index (χ1) is 12.6. The fourth-order valence-electron chi connectivity index (χ4n) is 2.40. The van der Waals surface area contributed by atoms with Crippen LogP contribution in [0.2, 0.25) is 0 Å². The van der Waals surface area contributed by atoms with Gasteiger partial charge < -0.3 is 31.3 Å². The molecule has 0 spiro atoms. The van der Waals surface area contributed by atoms with Gasteiger partial charge in [-0.3, -0.25) is 14.4 Å². The molecule has 12 nitrogen and oxygen atoms in total. The largest absolute Gasteiger partial charge is 0.480 e. The van der Waals surface area contributed by atoms with Crippen LogP contribution in [0.15, 0.2) is 0 Å². The number of carboxylic acids is 3. The molecular weight excluding hydrogens is 510 g/mol. The molecule has 3 heterocycles. The molecule has 3 aliphatic heterocycles. The normalized spacial score (nSPS) is 24.9. The van der Waals surface area contributed by atoms with Gasteiger partial charge in [0.25, 0.3) is 0 Å². The number of carbonyl (C=O) groups excluding carboxylic acids is 3. The van der Waals surface area contributed by atoms with Gasteiger partial charge in [-0.1, -0.05) is 0 Å². The Morgan fingerprint density at radius 2 is 0.821 bits per heavy atom. The molecule has 3 unspecified atom stereocenters. The summed E-state index contributed by atoms with van der Waals surface area (Å²) in [6, 6.07) is -1.92. The second-order valence-corrected chi connectivity index (χ2v) is 5.99. The maximum absolute atomic E-state index is 10.4. The zero-order valence-corrected chi connectivity index (χ0v) is 18.0. The maximum Gasteiger partial charge on any atom is 0.326 e. The third kappa shape index (κ3) is 9.39. The molecule has 0 aliphatic carbocycles. The maximum atomic E-state index is 10.4. The molecular formula is C15H21N3NdO9. The number of amides is 3. The average molecular weight is 532 g/mol. The number of hydrogen-bond acceptors (Lipinski definition) is 6. The van der Waals surface area contributed by atoms with Crippen LogP contribution in [0.5, 0.6) is 0 Å². The van der Waals surface area contributed by atoms with Crippen molar-refractivity contribution >= 4 is 35.6 Å². The van der Waals surface area contributed by atoms with E-state index in [1.165, 1.54) is 0 Å². The zero-order valence-electron chi connectivity index (χ0n) is 14.8. The molecule has 3 amide bonds. The Morgan fingerprint density at radius 1 is 0.607 bits per heavy atom. The number of nitrogens with one attached hydrogen (secondary N) is 3. The zero-order chi connectivity index (χ0) is 20.6. The van der Waals surface area contributed by atoms with E-state index in [4.69, 9.17) is 15.3 Å². The molecule has 0 aromatic heterocycles. The van der Waals surface area contributed by atoms with Crippen molar-refractivity contribution in [2.75, 3.05) is 0 Å². The molecule has 28 heavy (non-hydrogen) atoms. The second kappa shape index (κ2) is 12.6. The minimum atomic E-state index is -0.944. The summed E-state index contributed by atoms with van der Waals surface area (Å²) in [6.07, 6.45) is 2.31. The van der Waals surface area contributed by atoms with E-state index in [-0.39, 0.29) is 58.6 Å². The van der Waals surface area contributed by atoms with E-state index in [0.717, 1.165) is 0 Å². The molecule has 0 bridgehead atoms. The molecule has 0 saturated carbocycles. The molecule has 0 aromatic carbocycles. The van der Waals surface area contributed by atoms with Crippen molar-refractivity contribution in [2.45, 2.75) is 56.7 Å². The molecule has 3 fully saturated rings. The Hall–Kier alpha value is -1.83. The smallest absolute Gasteiger partial charge is 0.326 e. The van der Waals surface area contributed by atoms with Gasteiger partial charge in [0.1, 0.15) is 18.1 Å². The first-order valence-electron chi connectivity index (χ1n) is 8.16. The summed E-state index contributed by atoms with van der Waals surface area (Å²) in [5.41, 5.74) is 0. The molecule has 6 N–H and O–H groups in total. The molecule has 3 aliphatic rings. The molecule has 154 valence electrons. The number of aliphatic carboxylic acids is 3. The van der Waals surface area contributed by atoms with Gasteiger partial charge >= 0.3 is 17.9 Å².